The fourth-order valence-corrected chi connectivity index (χ4v) is 2.41. The minimum atomic E-state index is 0.0540. The van der Waals surface area contributed by atoms with Gasteiger partial charge in [0.15, 0.2) is 11.6 Å². The first-order valence-corrected chi connectivity index (χ1v) is 7.12. The molecule has 110 valence electrons. The molecular weight excluding hydrogens is 274 g/mol. The van der Waals surface area contributed by atoms with Crippen LogP contribution in [-0.2, 0) is 0 Å². The maximum absolute atomic E-state index is 11.3. The van der Waals surface area contributed by atoms with Gasteiger partial charge in [-0.15, -0.1) is 0 Å². The molecule has 0 bridgehead atoms. The molecule has 22 heavy (non-hydrogen) atoms. The summed E-state index contributed by atoms with van der Waals surface area (Å²) in [5.74, 6) is 1.67. The molecule has 0 atom stereocenters. The summed E-state index contributed by atoms with van der Waals surface area (Å²) in [6, 6.07) is 15.3. The van der Waals surface area contributed by atoms with Crippen LogP contribution in [0.25, 0.3) is 0 Å². The van der Waals surface area contributed by atoms with E-state index in [0.29, 0.717) is 11.4 Å². The number of aliphatic imine (C=N–C) groups is 2. The molecule has 0 radical (unpaired) electrons. The molecule has 0 N–H and O–H groups in total. The Labute approximate surface area is 129 Å². The number of nitrogens with zero attached hydrogens (tertiary/aromatic N) is 3. The lowest BCUT2D eigenvalue weighted by Gasteiger charge is -2.11. The molecular formula is C18H17N3O. The Morgan fingerprint density at radius 3 is 2.23 bits per heavy atom. The van der Waals surface area contributed by atoms with E-state index in [2.05, 4.69) is 16.1 Å². The van der Waals surface area contributed by atoms with Crippen LogP contribution < -0.4 is 0 Å². The molecule has 0 aromatic heterocycles. The second-order valence-electron chi connectivity index (χ2n) is 5.41. The van der Waals surface area contributed by atoms with E-state index in [0.717, 1.165) is 22.6 Å². The second-order valence-corrected chi connectivity index (χ2v) is 5.41. The fourth-order valence-electron chi connectivity index (χ4n) is 2.41. The van der Waals surface area contributed by atoms with Crippen LogP contribution in [0.2, 0.25) is 0 Å². The first-order valence-electron chi connectivity index (χ1n) is 7.12. The number of hydrogen-bond acceptors (Lipinski definition) is 3. The number of carbonyl (C=O) groups is 1. The van der Waals surface area contributed by atoms with Gasteiger partial charge in [-0.2, -0.15) is 0 Å². The smallest absolute Gasteiger partial charge is 0.162 e. The van der Waals surface area contributed by atoms with Crippen molar-refractivity contribution in [2.45, 2.75) is 6.92 Å². The van der Waals surface area contributed by atoms with Crippen LogP contribution in [0.4, 0.5) is 5.69 Å². The maximum atomic E-state index is 11.3. The summed E-state index contributed by atoms with van der Waals surface area (Å²) >= 11 is 0. The second kappa shape index (κ2) is 5.56. The molecule has 0 amide bonds. The number of carbonyl (C=O) groups excluding carboxylic acids is 1. The van der Waals surface area contributed by atoms with Crippen molar-refractivity contribution in [2.75, 3.05) is 14.1 Å². The van der Waals surface area contributed by atoms with Crippen LogP contribution in [0.5, 0.6) is 0 Å². The summed E-state index contributed by atoms with van der Waals surface area (Å²) in [6.45, 7) is 1.56. The molecule has 0 spiro atoms. The van der Waals surface area contributed by atoms with Gasteiger partial charge in [0, 0.05) is 30.8 Å². The van der Waals surface area contributed by atoms with Crippen molar-refractivity contribution in [3.05, 3.63) is 65.2 Å². The number of Topliss-reactive ketones (excluding diaryl/α,β-unsaturated/α-hetero) is 1. The Morgan fingerprint density at radius 1 is 1.00 bits per heavy atom. The van der Waals surface area contributed by atoms with Gasteiger partial charge in [-0.1, -0.05) is 24.3 Å². The average molecular weight is 291 g/mol. The van der Waals surface area contributed by atoms with Crippen molar-refractivity contribution < 1.29 is 4.79 Å². The van der Waals surface area contributed by atoms with E-state index in [-0.39, 0.29) is 5.78 Å². The minimum absolute atomic E-state index is 0.0540. The van der Waals surface area contributed by atoms with Gasteiger partial charge in [0.05, 0.1) is 5.69 Å². The molecule has 0 unspecified atom stereocenters. The summed E-state index contributed by atoms with van der Waals surface area (Å²) in [4.78, 5) is 22.6. The van der Waals surface area contributed by atoms with E-state index in [1.54, 1.807) is 19.1 Å². The lowest BCUT2D eigenvalue weighted by molar-refractivity contribution is 0.101. The van der Waals surface area contributed by atoms with E-state index in [4.69, 9.17) is 0 Å². The fraction of sp³-hybridized carbons (Fsp3) is 0.167. The van der Waals surface area contributed by atoms with Gasteiger partial charge in [-0.3, -0.25) is 4.79 Å². The molecule has 1 heterocycles. The van der Waals surface area contributed by atoms with Crippen LogP contribution in [0.15, 0.2) is 58.5 Å². The first-order chi connectivity index (χ1) is 10.6. The monoisotopic (exact) mass is 291 g/mol. The topological polar surface area (TPSA) is 45.0 Å². The standard InChI is InChI=1S/C18H17N3O/c1-12(22)13-8-10-14(11-9-13)19-17-15-6-4-5-7-16(15)18(20-17)21(2)3/h4-11H,1-3H3. The zero-order chi connectivity index (χ0) is 15.7. The normalized spacial score (nSPS) is 14.7. The number of amidine groups is 2. The van der Waals surface area contributed by atoms with Crippen molar-refractivity contribution in [1.82, 2.24) is 4.90 Å². The van der Waals surface area contributed by atoms with E-state index in [1.165, 1.54) is 0 Å². The van der Waals surface area contributed by atoms with Gasteiger partial charge in [0.1, 0.15) is 5.84 Å². The Bertz CT molecular complexity index is 786. The number of hydrogen-bond donors (Lipinski definition) is 0. The Hall–Kier alpha value is -2.75. The number of fused-ring (bicyclic) bond motifs is 1. The molecule has 2 aromatic rings. The molecule has 0 aliphatic carbocycles. The highest BCUT2D eigenvalue weighted by atomic mass is 16.1. The molecule has 1 aliphatic rings. The van der Waals surface area contributed by atoms with Gasteiger partial charge >= 0.3 is 0 Å². The van der Waals surface area contributed by atoms with E-state index >= 15 is 0 Å². The van der Waals surface area contributed by atoms with Crippen molar-refractivity contribution in [2.24, 2.45) is 9.98 Å². The molecule has 0 saturated heterocycles. The van der Waals surface area contributed by atoms with Gasteiger partial charge in [-0.05, 0) is 31.2 Å². The van der Waals surface area contributed by atoms with E-state index < -0.39 is 0 Å². The maximum Gasteiger partial charge on any atom is 0.162 e. The van der Waals surface area contributed by atoms with Crippen molar-refractivity contribution in [3.8, 4) is 0 Å². The molecule has 2 aromatic carbocycles. The predicted molar refractivity (Wildman–Crippen MR) is 89.3 cm³/mol. The van der Waals surface area contributed by atoms with Gasteiger partial charge in [0.2, 0.25) is 0 Å². The molecule has 1 aliphatic heterocycles. The van der Waals surface area contributed by atoms with Crippen LogP contribution in [0, 0.1) is 0 Å². The third-order valence-electron chi connectivity index (χ3n) is 3.55. The predicted octanol–water partition coefficient (Wildman–Crippen LogP) is 3.29. The highest BCUT2D eigenvalue weighted by molar-refractivity contribution is 6.22. The first kappa shape index (κ1) is 14.2. The zero-order valence-electron chi connectivity index (χ0n) is 12.9. The van der Waals surface area contributed by atoms with Crippen LogP contribution >= 0.6 is 0 Å². The van der Waals surface area contributed by atoms with Crippen LogP contribution in [0.3, 0.4) is 0 Å². The van der Waals surface area contributed by atoms with E-state index in [9.17, 15) is 4.79 Å². The zero-order valence-corrected chi connectivity index (χ0v) is 12.9. The number of benzene rings is 2. The molecule has 3 rings (SSSR count). The van der Waals surface area contributed by atoms with Gasteiger partial charge < -0.3 is 4.90 Å². The summed E-state index contributed by atoms with van der Waals surface area (Å²) in [5.41, 5.74) is 3.60. The highest BCUT2D eigenvalue weighted by Gasteiger charge is 2.22. The van der Waals surface area contributed by atoms with Crippen molar-refractivity contribution in [3.63, 3.8) is 0 Å². The van der Waals surface area contributed by atoms with E-state index in [1.807, 2.05) is 49.3 Å². The SMILES string of the molecule is CC(=O)c1ccc(N=C2N=C(N(C)C)c3ccccc32)cc1. The summed E-state index contributed by atoms with van der Waals surface area (Å²) in [6.07, 6.45) is 0. The third-order valence-corrected chi connectivity index (χ3v) is 3.55. The van der Waals surface area contributed by atoms with Crippen LogP contribution in [0.1, 0.15) is 28.4 Å². The largest absolute Gasteiger partial charge is 0.362 e. The Morgan fingerprint density at radius 2 is 1.64 bits per heavy atom. The Balaban J connectivity index is 2.02. The number of rotatable bonds is 2. The lowest BCUT2D eigenvalue weighted by Crippen LogP contribution is -2.21. The summed E-state index contributed by atoms with van der Waals surface area (Å²) in [7, 11) is 3.94. The van der Waals surface area contributed by atoms with Crippen molar-refractivity contribution in [1.29, 1.82) is 0 Å². The molecule has 4 heteroatoms. The van der Waals surface area contributed by atoms with Gasteiger partial charge in [-0.25, -0.2) is 9.98 Å². The third kappa shape index (κ3) is 2.55. The quantitative estimate of drug-likeness (QED) is 0.797. The molecule has 0 fully saturated rings. The average Bonchev–Trinajstić information content (AvgIpc) is 2.87. The molecule has 0 saturated carbocycles. The Kier molecular flexibility index (Phi) is 3.59. The van der Waals surface area contributed by atoms with Crippen molar-refractivity contribution >= 4 is 23.1 Å². The van der Waals surface area contributed by atoms with Crippen LogP contribution in [-0.4, -0.2) is 36.4 Å². The molecule has 4 nitrogen and oxygen atoms in total. The minimum Gasteiger partial charge on any atom is -0.362 e. The van der Waals surface area contributed by atoms with Gasteiger partial charge in [0.25, 0.3) is 0 Å². The number of ketones is 1. The highest BCUT2D eigenvalue weighted by Crippen LogP contribution is 2.23. The summed E-state index contributed by atoms with van der Waals surface area (Å²) < 4.78 is 0. The lowest BCUT2D eigenvalue weighted by atomic mass is 10.1. The summed E-state index contributed by atoms with van der Waals surface area (Å²) in [5, 5.41) is 0.